The second-order valence-corrected chi connectivity index (χ2v) is 4.98. The van der Waals surface area contributed by atoms with Crippen LogP contribution in [-0.2, 0) is 23.4 Å². The van der Waals surface area contributed by atoms with E-state index in [1.165, 1.54) is 6.92 Å². The molecule has 0 aromatic carbocycles. The minimum Gasteiger partial charge on any atom is -0.438 e. The molecule has 14 heavy (non-hydrogen) atoms. The van der Waals surface area contributed by atoms with Crippen LogP contribution in [0, 0.1) is 0 Å². The van der Waals surface area contributed by atoms with Crippen LogP contribution in [0.4, 0.5) is 0 Å². The van der Waals surface area contributed by atoms with Crippen molar-refractivity contribution in [1.82, 2.24) is 0 Å². The van der Waals surface area contributed by atoms with Crippen LogP contribution < -0.4 is 0 Å². The van der Waals surface area contributed by atoms with E-state index in [1.807, 2.05) is 0 Å². The van der Waals surface area contributed by atoms with Gasteiger partial charge in [-0.1, -0.05) is 0 Å². The zero-order chi connectivity index (χ0) is 10.8. The molecule has 0 saturated carbocycles. The van der Waals surface area contributed by atoms with Gasteiger partial charge >= 0.3 is 13.6 Å². The molecule has 7 heteroatoms. The van der Waals surface area contributed by atoms with Crippen LogP contribution in [-0.4, -0.2) is 36.0 Å². The Morgan fingerprint density at radius 2 is 2.21 bits per heavy atom. The molecule has 1 fully saturated rings. The predicted molar refractivity (Wildman–Crippen MR) is 46.7 cm³/mol. The Morgan fingerprint density at radius 1 is 1.64 bits per heavy atom. The molecular weight excluding hydrogens is 211 g/mol. The molecule has 1 heterocycles. The van der Waals surface area contributed by atoms with Crippen LogP contribution in [0.3, 0.4) is 0 Å². The van der Waals surface area contributed by atoms with Gasteiger partial charge in [0, 0.05) is 6.92 Å². The first-order chi connectivity index (χ1) is 6.41. The van der Waals surface area contributed by atoms with Gasteiger partial charge in [0.1, 0.15) is 0 Å². The Kier molecular flexibility index (Phi) is 3.66. The van der Waals surface area contributed by atoms with Crippen molar-refractivity contribution in [1.29, 1.82) is 0 Å². The lowest BCUT2D eigenvalue weighted by Gasteiger charge is -2.09. The monoisotopic (exact) mass is 224 g/mol. The van der Waals surface area contributed by atoms with Crippen LogP contribution in [0.15, 0.2) is 0 Å². The molecule has 1 aliphatic rings. The molecule has 1 saturated heterocycles. The van der Waals surface area contributed by atoms with Gasteiger partial charge in [-0.3, -0.25) is 13.9 Å². The summed E-state index contributed by atoms with van der Waals surface area (Å²) in [7, 11) is -3.68. The number of ether oxygens (including phenoxy) is 2. The molecule has 0 aromatic heterocycles. The summed E-state index contributed by atoms with van der Waals surface area (Å²) in [5, 5.41) is 0. The summed E-state index contributed by atoms with van der Waals surface area (Å²) < 4.78 is 25.1. The van der Waals surface area contributed by atoms with E-state index in [4.69, 9.17) is 4.74 Å². The van der Waals surface area contributed by atoms with Crippen molar-refractivity contribution < 1.29 is 28.3 Å². The fourth-order valence-corrected chi connectivity index (χ4v) is 2.05. The average Bonchev–Trinajstić information content (AvgIpc) is 2.63. The maximum absolute atomic E-state index is 11.3. The Bertz CT molecular complexity index is 265. The minimum atomic E-state index is -3.68. The highest BCUT2D eigenvalue weighted by atomic mass is 31.2. The molecule has 6 nitrogen and oxygen atoms in total. The molecule has 1 N–H and O–H groups in total. The summed E-state index contributed by atoms with van der Waals surface area (Å²) in [5.74, 6) is -0.555. The molecule has 82 valence electrons. The van der Waals surface area contributed by atoms with Crippen molar-refractivity contribution in [3.05, 3.63) is 0 Å². The molecule has 1 aliphatic heterocycles. The third-order valence-corrected chi connectivity index (χ3v) is 3.09. The lowest BCUT2D eigenvalue weighted by Crippen LogP contribution is -2.07. The minimum absolute atomic E-state index is 0.00722. The molecule has 3 atom stereocenters. The molecule has 0 radical (unpaired) electrons. The SMILES string of the molecule is CC(=O)OCOP(=O)(O)CC1OC1C. The lowest BCUT2D eigenvalue weighted by molar-refractivity contribution is -0.147. The number of esters is 1. The van der Waals surface area contributed by atoms with Crippen molar-refractivity contribution in [3.63, 3.8) is 0 Å². The van der Waals surface area contributed by atoms with Crippen LogP contribution >= 0.6 is 7.60 Å². The fourth-order valence-electron chi connectivity index (χ4n) is 0.894. The van der Waals surface area contributed by atoms with E-state index >= 15 is 0 Å². The highest BCUT2D eigenvalue weighted by Crippen LogP contribution is 2.46. The number of hydrogen-bond donors (Lipinski definition) is 1. The molecule has 0 aliphatic carbocycles. The number of carbonyl (C=O) groups is 1. The number of epoxide rings is 1. The molecule has 3 unspecified atom stereocenters. The van der Waals surface area contributed by atoms with Crippen LogP contribution in [0.25, 0.3) is 0 Å². The van der Waals surface area contributed by atoms with Crippen LogP contribution in [0.1, 0.15) is 13.8 Å². The van der Waals surface area contributed by atoms with Crippen molar-refractivity contribution in [2.75, 3.05) is 13.0 Å². The maximum atomic E-state index is 11.3. The van der Waals surface area contributed by atoms with Gasteiger partial charge in [0.25, 0.3) is 0 Å². The van der Waals surface area contributed by atoms with Crippen molar-refractivity contribution in [3.8, 4) is 0 Å². The normalized spacial score (nSPS) is 29.4. The number of carbonyl (C=O) groups excluding carboxylic acids is 1. The summed E-state index contributed by atoms with van der Waals surface area (Å²) in [6, 6.07) is 0. The van der Waals surface area contributed by atoms with Gasteiger partial charge < -0.3 is 14.4 Å². The Morgan fingerprint density at radius 3 is 2.64 bits per heavy atom. The molecule has 0 bridgehead atoms. The van der Waals surface area contributed by atoms with E-state index in [1.54, 1.807) is 6.92 Å². The standard InChI is InChI=1S/C7H13O6P/c1-5-7(13-5)3-14(9,10)12-4-11-6(2)8/h5,7H,3-4H2,1-2H3,(H,9,10). The highest BCUT2D eigenvalue weighted by Gasteiger charge is 2.40. The first-order valence-corrected chi connectivity index (χ1v) is 5.92. The van der Waals surface area contributed by atoms with Gasteiger partial charge in [-0.05, 0) is 6.92 Å². The highest BCUT2D eigenvalue weighted by molar-refractivity contribution is 7.52. The second-order valence-electron chi connectivity index (χ2n) is 3.08. The van der Waals surface area contributed by atoms with Crippen molar-refractivity contribution in [2.24, 2.45) is 0 Å². The molecule has 1 rings (SSSR count). The number of hydrogen-bond acceptors (Lipinski definition) is 5. The Hall–Kier alpha value is -0.420. The van der Waals surface area contributed by atoms with Gasteiger partial charge in [-0.15, -0.1) is 0 Å². The summed E-state index contributed by atoms with van der Waals surface area (Å²) in [4.78, 5) is 19.5. The van der Waals surface area contributed by atoms with E-state index in [0.29, 0.717) is 0 Å². The molecular formula is C7H13O6P. The van der Waals surface area contributed by atoms with Gasteiger partial charge in [0.05, 0.1) is 18.4 Å². The summed E-state index contributed by atoms with van der Waals surface area (Å²) in [5.41, 5.74) is 0. The van der Waals surface area contributed by atoms with Crippen LogP contribution in [0.2, 0.25) is 0 Å². The van der Waals surface area contributed by atoms with Gasteiger partial charge in [-0.25, -0.2) is 0 Å². The van der Waals surface area contributed by atoms with Crippen molar-refractivity contribution >= 4 is 13.6 Å². The predicted octanol–water partition coefficient (Wildman–Crippen LogP) is 0.496. The van der Waals surface area contributed by atoms with E-state index < -0.39 is 20.4 Å². The number of rotatable bonds is 5. The zero-order valence-corrected chi connectivity index (χ0v) is 8.90. The lowest BCUT2D eigenvalue weighted by atomic mass is 10.4. The van der Waals surface area contributed by atoms with Gasteiger partial charge in [0.15, 0.2) is 0 Å². The summed E-state index contributed by atoms with van der Waals surface area (Å²) in [6.07, 6.45) is -0.272. The molecule has 0 aromatic rings. The smallest absolute Gasteiger partial charge is 0.333 e. The van der Waals surface area contributed by atoms with E-state index in [2.05, 4.69) is 9.26 Å². The van der Waals surface area contributed by atoms with Crippen LogP contribution in [0.5, 0.6) is 0 Å². The fraction of sp³-hybridized carbons (Fsp3) is 0.857. The zero-order valence-electron chi connectivity index (χ0n) is 8.00. The van der Waals surface area contributed by atoms with Crippen molar-refractivity contribution in [2.45, 2.75) is 26.1 Å². The van der Waals surface area contributed by atoms with Gasteiger partial charge in [-0.2, -0.15) is 0 Å². The quantitative estimate of drug-likeness (QED) is 0.316. The van der Waals surface area contributed by atoms with E-state index in [9.17, 15) is 14.3 Å². The van der Waals surface area contributed by atoms with E-state index in [-0.39, 0.29) is 18.4 Å². The Labute approximate surface area is 81.7 Å². The first-order valence-electron chi connectivity index (χ1n) is 4.16. The topological polar surface area (TPSA) is 85.4 Å². The average molecular weight is 224 g/mol. The molecule has 0 spiro atoms. The third-order valence-electron chi connectivity index (χ3n) is 1.76. The molecule has 0 amide bonds. The first kappa shape index (κ1) is 11.7. The second kappa shape index (κ2) is 4.40. The summed E-state index contributed by atoms with van der Waals surface area (Å²) in [6.45, 7) is 2.50. The van der Waals surface area contributed by atoms with Gasteiger partial charge in [0.2, 0.25) is 6.79 Å². The maximum Gasteiger partial charge on any atom is 0.333 e. The third kappa shape index (κ3) is 4.19. The summed E-state index contributed by atoms with van der Waals surface area (Å²) >= 11 is 0. The Balaban J connectivity index is 2.20. The largest absolute Gasteiger partial charge is 0.438 e. The van der Waals surface area contributed by atoms with E-state index in [0.717, 1.165) is 0 Å².